The van der Waals surface area contributed by atoms with Crippen molar-refractivity contribution in [3.63, 3.8) is 0 Å². The predicted octanol–water partition coefficient (Wildman–Crippen LogP) is 2.28. The standard InChI is InChI=1S/C16H25N3O/c1-3-9-16(2,18)15(20)19-14-6-4-5-11-10-12(17)7-8-13(11)14/h7-8,10,14H,3-6,9,17-18H2,1-2H3,(H,19,20). The zero-order valence-corrected chi connectivity index (χ0v) is 12.4. The first-order valence-corrected chi connectivity index (χ1v) is 7.42. The lowest BCUT2D eigenvalue weighted by atomic mass is 9.86. The maximum Gasteiger partial charge on any atom is 0.240 e. The molecule has 0 fully saturated rings. The van der Waals surface area contributed by atoms with E-state index in [-0.39, 0.29) is 11.9 Å². The molecule has 0 saturated carbocycles. The third-order valence-electron chi connectivity index (χ3n) is 4.07. The van der Waals surface area contributed by atoms with E-state index >= 15 is 0 Å². The van der Waals surface area contributed by atoms with Gasteiger partial charge in [0.1, 0.15) is 0 Å². The first-order valence-electron chi connectivity index (χ1n) is 7.42. The maximum atomic E-state index is 12.3. The van der Waals surface area contributed by atoms with E-state index in [1.165, 1.54) is 11.1 Å². The predicted molar refractivity (Wildman–Crippen MR) is 82.2 cm³/mol. The second-order valence-electron chi connectivity index (χ2n) is 6.04. The average molecular weight is 275 g/mol. The fourth-order valence-electron chi connectivity index (χ4n) is 2.94. The molecule has 5 N–H and O–H groups in total. The van der Waals surface area contributed by atoms with Gasteiger partial charge in [-0.2, -0.15) is 0 Å². The van der Waals surface area contributed by atoms with Gasteiger partial charge >= 0.3 is 0 Å². The first kappa shape index (κ1) is 14.9. The van der Waals surface area contributed by atoms with Crippen molar-refractivity contribution in [3.05, 3.63) is 29.3 Å². The van der Waals surface area contributed by atoms with Gasteiger partial charge in [0.2, 0.25) is 5.91 Å². The molecule has 1 amide bonds. The second kappa shape index (κ2) is 5.83. The minimum atomic E-state index is -0.791. The number of nitrogens with two attached hydrogens (primary N) is 2. The molecule has 1 aliphatic rings. The van der Waals surface area contributed by atoms with Crippen LogP contribution in [0.1, 0.15) is 56.7 Å². The molecule has 2 atom stereocenters. The Hall–Kier alpha value is -1.55. The Morgan fingerprint density at radius 2 is 2.25 bits per heavy atom. The van der Waals surface area contributed by atoms with Gasteiger partial charge in [-0.15, -0.1) is 0 Å². The van der Waals surface area contributed by atoms with Gasteiger partial charge in [0, 0.05) is 5.69 Å². The molecule has 20 heavy (non-hydrogen) atoms. The minimum absolute atomic E-state index is 0.0611. The molecular weight excluding hydrogens is 250 g/mol. The Bertz CT molecular complexity index is 496. The molecule has 0 spiro atoms. The number of nitrogen functional groups attached to an aromatic ring is 1. The van der Waals surface area contributed by atoms with E-state index in [1.54, 1.807) is 6.92 Å². The van der Waals surface area contributed by atoms with Gasteiger partial charge in [0.25, 0.3) is 0 Å². The Morgan fingerprint density at radius 1 is 1.50 bits per heavy atom. The van der Waals surface area contributed by atoms with Crippen LogP contribution in [0.25, 0.3) is 0 Å². The van der Waals surface area contributed by atoms with Crippen molar-refractivity contribution in [1.82, 2.24) is 5.32 Å². The Labute approximate surface area is 120 Å². The summed E-state index contributed by atoms with van der Waals surface area (Å²) >= 11 is 0. The molecule has 0 bridgehead atoms. The normalized spacial score (nSPS) is 20.9. The summed E-state index contributed by atoms with van der Waals surface area (Å²) in [5, 5.41) is 3.11. The summed E-state index contributed by atoms with van der Waals surface area (Å²) in [6.45, 7) is 3.84. The number of hydrogen-bond acceptors (Lipinski definition) is 3. The number of benzene rings is 1. The average Bonchev–Trinajstić information content (AvgIpc) is 2.38. The molecular formula is C16H25N3O. The molecule has 2 rings (SSSR count). The van der Waals surface area contributed by atoms with Crippen LogP contribution in [-0.4, -0.2) is 11.4 Å². The van der Waals surface area contributed by atoms with E-state index in [2.05, 4.69) is 5.32 Å². The molecule has 4 heteroatoms. The molecule has 1 aromatic rings. The zero-order chi connectivity index (χ0) is 14.8. The van der Waals surface area contributed by atoms with Gasteiger partial charge in [-0.05, 0) is 55.9 Å². The molecule has 2 unspecified atom stereocenters. The molecule has 1 aromatic carbocycles. The first-order chi connectivity index (χ1) is 9.44. The number of aryl methyl sites for hydroxylation is 1. The topological polar surface area (TPSA) is 81.1 Å². The molecule has 0 aromatic heterocycles. The van der Waals surface area contributed by atoms with Crippen LogP contribution in [0, 0.1) is 0 Å². The Morgan fingerprint density at radius 3 is 2.95 bits per heavy atom. The fraction of sp³-hybridized carbons (Fsp3) is 0.562. The van der Waals surface area contributed by atoms with Crippen molar-refractivity contribution < 1.29 is 4.79 Å². The van der Waals surface area contributed by atoms with E-state index in [1.807, 2.05) is 25.1 Å². The monoisotopic (exact) mass is 275 g/mol. The third-order valence-corrected chi connectivity index (χ3v) is 4.07. The molecule has 0 aliphatic heterocycles. The van der Waals surface area contributed by atoms with Crippen LogP contribution in [0.15, 0.2) is 18.2 Å². The third kappa shape index (κ3) is 3.12. The van der Waals surface area contributed by atoms with E-state index in [0.29, 0.717) is 6.42 Å². The maximum absolute atomic E-state index is 12.3. The Kier molecular flexibility index (Phi) is 4.33. The van der Waals surface area contributed by atoms with E-state index < -0.39 is 5.54 Å². The van der Waals surface area contributed by atoms with Gasteiger partial charge in [-0.1, -0.05) is 19.4 Å². The van der Waals surface area contributed by atoms with Crippen molar-refractivity contribution in [3.8, 4) is 0 Å². The summed E-state index contributed by atoms with van der Waals surface area (Å²) in [5.41, 5.74) is 14.4. The molecule has 0 saturated heterocycles. The number of nitrogens with one attached hydrogen (secondary N) is 1. The van der Waals surface area contributed by atoms with Gasteiger partial charge in [-0.3, -0.25) is 4.79 Å². The number of anilines is 1. The van der Waals surface area contributed by atoms with Crippen molar-refractivity contribution in [2.75, 3.05) is 5.73 Å². The van der Waals surface area contributed by atoms with E-state index in [0.717, 1.165) is 31.4 Å². The lowest BCUT2D eigenvalue weighted by Crippen LogP contribution is -2.52. The van der Waals surface area contributed by atoms with Gasteiger partial charge in [0.05, 0.1) is 11.6 Å². The summed E-state index contributed by atoms with van der Waals surface area (Å²) in [5.74, 6) is -0.0611. The van der Waals surface area contributed by atoms with Crippen LogP contribution in [0.2, 0.25) is 0 Å². The van der Waals surface area contributed by atoms with Crippen LogP contribution in [0.5, 0.6) is 0 Å². The van der Waals surface area contributed by atoms with Crippen molar-refractivity contribution in [2.24, 2.45) is 5.73 Å². The zero-order valence-electron chi connectivity index (χ0n) is 12.4. The summed E-state index contributed by atoms with van der Waals surface area (Å²) in [6.07, 6.45) is 4.65. The molecule has 110 valence electrons. The number of rotatable bonds is 4. The van der Waals surface area contributed by atoms with Gasteiger partial charge < -0.3 is 16.8 Å². The quantitative estimate of drug-likeness (QED) is 0.737. The minimum Gasteiger partial charge on any atom is -0.399 e. The van der Waals surface area contributed by atoms with Crippen molar-refractivity contribution in [1.29, 1.82) is 0 Å². The van der Waals surface area contributed by atoms with Crippen molar-refractivity contribution >= 4 is 11.6 Å². The van der Waals surface area contributed by atoms with Crippen molar-refractivity contribution in [2.45, 2.75) is 57.5 Å². The van der Waals surface area contributed by atoms with Gasteiger partial charge in [-0.25, -0.2) is 0 Å². The highest BCUT2D eigenvalue weighted by molar-refractivity contribution is 5.86. The number of carbonyl (C=O) groups excluding carboxylic acids is 1. The van der Waals surface area contributed by atoms with Crippen LogP contribution in [-0.2, 0) is 11.2 Å². The molecule has 4 nitrogen and oxygen atoms in total. The number of amides is 1. The molecule has 0 heterocycles. The fourth-order valence-corrected chi connectivity index (χ4v) is 2.94. The summed E-state index contributed by atoms with van der Waals surface area (Å²) < 4.78 is 0. The largest absolute Gasteiger partial charge is 0.399 e. The smallest absolute Gasteiger partial charge is 0.240 e. The highest BCUT2D eigenvalue weighted by atomic mass is 16.2. The summed E-state index contributed by atoms with van der Waals surface area (Å²) in [4.78, 5) is 12.3. The summed E-state index contributed by atoms with van der Waals surface area (Å²) in [6, 6.07) is 6.01. The lowest BCUT2D eigenvalue weighted by Gasteiger charge is -2.31. The number of fused-ring (bicyclic) bond motifs is 1. The number of carbonyl (C=O) groups is 1. The highest BCUT2D eigenvalue weighted by Gasteiger charge is 2.30. The van der Waals surface area contributed by atoms with E-state index in [4.69, 9.17) is 11.5 Å². The van der Waals surface area contributed by atoms with Gasteiger partial charge in [0.15, 0.2) is 0 Å². The van der Waals surface area contributed by atoms with Crippen LogP contribution in [0.3, 0.4) is 0 Å². The lowest BCUT2D eigenvalue weighted by molar-refractivity contribution is -0.126. The molecule has 1 aliphatic carbocycles. The second-order valence-corrected chi connectivity index (χ2v) is 6.04. The summed E-state index contributed by atoms with van der Waals surface area (Å²) in [7, 11) is 0. The van der Waals surface area contributed by atoms with E-state index in [9.17, 15) is 4.79 Å². The van der Waals surface area contributed by atoms with Crippen LogP contribution < -0.4 is 16.8 Å². The molecule has 0 radical (unpaired) electrons. The highest BCUT2D eigenvalue weighted by Crippen LogP contribution is 2.31. The Balaban J connectivity index is 2.14. The van der Waals surface area contributed by atoms with Crippen LogP contribution >= 0.6 is 0 Å². The number of hydrogen-bond donors (Lipinski definition) is 3. The SMILES string of the molecule is CCCC(C)(N)C(=O)NC1CCCc2cc(N)ccc21. The van der Waals surface area contributed by atoms with Crippen LogP contribution in [0.4, 0.5) is 5.69 Å².